The first-order valence-electron chi connectivity index (χ1n) is 9.52. The number of nitrogens with one attached hydrogen (secondary N) is 1. The van der Waals surface area contributed by atoms with Crippen LogP contribution in [-0.4, -0.2) is 31.3 Å². The van der Waals surface area contributed by atoms with E-state index in [1.54, 1.807) is 23.0 Å². The Labute approximate surface area is 173 Å². The number of carbonyl (C=O) groups is 1. The monoisotopic (exact) mass is 408 g/mol. The second-order valence-corrected chi connectivity index (χ2v) is 7.88. The van der Waals surface area contributed by atoms with Gasteiger partial charge in [-0.3, -0.25) is 9.48 Å². The zero-order valence-corrected chi connectivity index (χ0v) is 17.0. The molecule has 0 bridgehead atoms. The summed E-state index contributed by atoms with van der Waals surface area (Å²) in [5.41, 5.74) is 2.49. The van der Waals surface area contributed by atoms with E-state index >= 15 is 0 Å². The maximum atomic E-state index is 12.5. The fourth-order valence-corrected chi connectivity index (χ4v) is 3.54. The first-order chi connectivity index (χ1) is 13.9. The Morgan fingerprint density at radius 1 is 1.41 bits per heavy atom. The standard InChI is InChI=1S/C21H21ClN6O/c1-13(24-21(29)19-12-27(2)20(25-19)14-3-4-14)11-28-8-7-18(26-28)15-5-6-16(10-23)17(22)9-15/h5-9,12-14H,3-4,11H2,1-2H3,(H,24,29). The number of nitrogens with zero attached hydrogens (tertiary/aromatic N) is 5. The smallest absolute Gasteiger partial charge is 0.271 e. The van der Waals surface area contributed by atoms with E-state index in [-0.39, 0.29) is 11.9 Å². The van der Waals surface area contributed by atoms with Gasteiger partial charge in [0, 0.05) is 37.0 Å². The first-order valence-corrected chi connectivity index (χ1v) is 9.90. The van der Waals surface area contributed by atoms with Crippen LogP contribution in [0.2, 0.25) is 5.02 Å². The van der Waals surface area contributed by atoms with Gasteiger partial charge in [0.2, 0.25) is 0 Å². The molecule has 148 valence electrons. The minimum absolute atomic E-state index is 0.119. The molecule has 1 saturated carbocycles. The van der Waals surface area contributed by atoms with Crippen molar-refractivity contribution in [2.75, 3.05) is 0 Å². The molecule has 1 aliphatic carbocycles. The SMILES string of the molecule is CC(Cn1ccc(-c2ccc(C#N)c(Cl)c2)n1)NC(=O)c1cn(C)c(C2CC2)n1. The van der Waals surface area contributed by atoms with Crippen LogP contribution < -0.4 is 5.32 Å². The van der Waals surface area contributed by atoms with E-state index in [2.05, 4.69) is 15.4 Å². The molecule has 1 aliphatic rings. The summed E-state index contributed by atoms with van der Waals surface area (Å²) in [7, 11) is 1.93. The van der Waals surface area contributed by atoms with Crippen LogP contribution in [-0.2, 0) is 13.6 Å². The molecule has 1 fully saturated rings. The molecular formula is C21H21ClN6O. The van der Waals surface area contributed by atoms with E-state index < -0.39 is 0 Å². The van der Waals surface area contributed by atoms with Gasteiger partial charge in [-0.2, -0.15) is 10.4 Å². The minimum Gasteiger partial charge on any atom is -0.346 e. The Hall–Kier alpha value is -3.11. The lowest BCUT2D eigenvalue weighted by Crippen LogP contribution is -2.36. The Kier molecular flexibility index (Phi) is 5.12. The summed E-state index contributed by atoms with van der Waals surface area (Å²) in [4.78, 5) is 17.0. The fraction of sp³-hybridized carbons (Fsp3) is 0.333. The van der Waals surface area contributed by atoms with Gasteiger partial charge in [-0.15, -0.1) is 0 Å². The van der Waals surface area contributed by atoms with Crippen molar-refractivity contribution in [3.8, 4) is 17.3 Å². The third-order valence-corrected chi connectivity index (χ3v) is 5.26. The second-order valence-electron chi connectivity index (χ2n) is 7.47. The normalized spacial score (nSPS) is 14.4. The third-order valence-electron chi connectivity index (χ3n) is 4.95. The van der Waals surface area contributed by atoms with Gasteiger partial charge in [-0.1, -0.05) is 17.7 Å². The van der Waals surface area contributed by atoms with Gasteiger partial charge in [0.05, 0.1) is 22.8 Å². The van der Waals surface area contributed by atoms with Crippen molar-refractivity contribution in [3.05, 3.63) is 58.8 Å². The number of hydrogen-bond acceptors (Lipinski definition) is 4. The first kappa shape index (κ1) is 19.2. The number of imidazole rings is 1. The van der Waals surface area contributed by atoms with Gasteiger partial charge in [-0.05, 0) is 38.0 Å². The highest BCUT2D eigenvalue weighted by molar-refractivity contribution is 6.32. The quantitative estimate of drug-likeness (QED) is 0.676. The Bertz CT molecular complexity index is 1100. The van der Waals surface area contributed by atoms with E-state index in [1.165, 1.54) is 0 Å². The number of aryl methyl sites for hydroxylation is 1. The summed E-state index contributed by atoms with van der Waals surface area (Å²) < 4.78 is 3.72. The maximum Gasteiger partial charge on any atom is 0.271 e. The van der Waals surface area contributed by atoms with Crippen molar-refractivity contribution >= 4 is 17.5 Å². The van der Waals surface area contributed by atoms with Crippen LogP contribution in [0.5, 0.6) is 0 Å². The highest BCUT2D eigenvalue weighted by Gasteiger charge is 2.29. The number of aromatic nitrogens is 4. The average Bonchev–Trinajstić information content (AvgIpc) is 3.30. The topological polar surface area (TPSA) is 88.5 Å². The molecule has 0 radical (unpaired) electrons. The molecule has 1 N–H and O–H groups in total. The van der Waals surface area contributed by atoms with E-state index in [0.717, 1.165) is 29.9 Å². The molecule has 0 spiro atoms. The highest BCUT2D eigenvalue weighted by Crippen LogP contribution is 2.39. The molecule has 1 atom stereocenters. The Morgan fingerprint density at radius 3 is 2.90 bits per heavy atom. The molecule has 0 saturated heterocycles. The van der Waals surface area contributed by atoms with Crippen molar-refractivity contribution in [2.24, 2.45) is 7.05 Å². The van der Waals surface area contributed by atoms with Crippen LogP contribution in [0.15, 0.2) is 36.7 Å². The molecule has 1 unspecified atom stereocenters. The van der Waals surface area contributed by atoms with Crippen molar-refractivity contribution in [3.63, 3.8) is 0 Å². The third kappa shape index (κ3) is 4.17. The van der Waals surface area contributed by atoms with Gasteiger partial charge in [0.25, 0.3) is 5.91 Å². The zero-order chi connectivity index (χ0) is 20.5. The molecule has 29 heavy (non-hydrogen) atoms. The fourth-order valence-electron chi connectivity index (χ4n) is 3.32. The van der Waals surface area contributed by atoms with E-state index in [9.17, 15) is 4.79 Å². The predicted molar refractivity (Wildman–Crippen MR) is 109 cm³/mol. The number of rotatable bonds is 6. The van der Waals surface area contributed by atoms with Gasteiger partial charge < -0.3 is 9.88 Å². The predicted octanol–water partition coefficient (Wildman–Crippen LogP) is 3.50. The lowest BCUT2D eigenvalue weighted by molar-refractivity contribution is 0.0931. The maximum absolute atomic E-state index is 12.5. The van der Waals surface area contributed by atoms with Crippen LogP contribution >= 0.6 is 11.6 Å². The second kappa shape index (κ2) is 7.72. The summed E-state index contributed by atoms with van der Waals surface area (Å²) in [5, 5.41) is 16.9. The lowest BCUT2D eigenvalue weighted by Gasteiger charge is -2.13. The number of carbonyl (C=O) groups excluding carboxylic acids is 1. The molecule has 4 rings (SSSR count). The van der Waals surface area contributed by atoms with Crippen LogP contribution in [0.1, 0.15) is 47.6 Å². The number of hydrogen-bond donors (Lipinski definition) is 1. The summed E-state index contributed by atoms with van der Waals surface area (Å²) >= 11 is 6.11. The molecule has 1 amide bonds. The summed E-state index contributed by atoms with van der Waals surface area (Å²) in [6, 6.07) is 9.05. The molecular weight excluding hydrogens is 388 g/mol. The molecule has 1 aromatic carbocycles. The Balaban J connectivity index is 1.39. The average molecular weight is 409 g/mol. The van der Waals surface area contributed by atoms with Gasteiger partial charge in [0.1, 0.15) is 17.6 Å². The number of amides is 1. The molecule has 2 aromatic heterocycles. The molecule has 3 aromatic rings. The van der Waals surface area contributed by atoms with Gasteiger partial charge >= 0.3 is 0 Å². The van der Waals surface area contributed by atoms with Crippen LogP contribution in [0.3, 0.4) is 0 Å². The summed E-state index contributed by atoms with van der Waals surface area (Å²) in [6.07, 6.45) is 5.94. The lowest BCUT2D eigenvalue weighted by atomic mass is 10.1. The number of halogens is 1. The minimum atomic E-state index is -0.175. The summed E-state index contributed by atoms with van der Waals surface area (Å²) in [5.74, 6) is 1.31. The van der Waals surface area contributed by atoms with Gasteiger partial charge in [0.15, 0.2) is 0 Å². The van der Waals surface area contributed by atoms with E-state index in [0.29, 0.717) is 28.7 Å². The van der Waals surface area contributed by atoms with Crippen molar-refractivity contribution < 1.29 is 4.79 Å². The van der Waals surface area contributed by atoms with Gasteiger partial charge in [-0.25, -0.2) is 4.98 Å². The van der Waals surface area contributed by atoms with Crippen molar-refractivity contribution in [2.45, 2.75) is 38.3 Å². The highest BCUT2D eigenvalue weighted by atomic mass is 35.5. The molecule has 2 heterocycles. The van der Waals surface area contributed by atoms with E-state index in [1.807, 2.05) is 42.9 Å². The number of nitriles is 1. The number of benzene rings is 1. The van der Waals surface area contributed by atoms with Crippen LogP contribution in [0, 0.1) is 11.3 Å². The molecule has 0 aliphatic heterocycles. The molecule has 8 heteroatoms. The zero-order valence-electron chi connectivity index (χ0n) is 16.3. The van der Waals surface area contributed by atoms with Crippen LogP contribution in [0.4, 0.5) is 0 Å². The largest absolute Gasteiger partial charge is 0.346 e. The van der Waals surface area contributed by atoms with Crippen molar-refractivity contribution in [1.29, 1.82) is 5.26 Å². The molecule has 7 nitrogen and oxygen atoms in total. The Morgan fingerprint density at radius 2 is 2.21 bits per heavy atom. The van der Waals surface area contributed by atoms with Crippen LogP contribution in [0.25, 0.3) is 11.3 Å². The van der Waals surface area contributed by atoms with Crippen molar-refractivity contribution in [1.82, 2.24) is 24.6 Å². The summed E-state index contributed by atoms with van der Waals surface area (Å²) in [6.45, 7) is 2.46. The van der Waals surface area contributed by atoms with E-state index in [4.69, 9.17) is 16.9 Å².